The second-order valence-corrected chi connectivity index (χ2v) is 19.0. The number of ether oxygens (including phenoxy) is 7. The largest absolute Gasteiger partial charge is 0.467 e. The standard InChI is InChI=1S/C51H66N6O15/c1-29-22-37(23-30(2)44(29)69-33(5)60)47(63)52-26-41(68-32(4)59)45(70-34(6)61)46-43(54-42(62)28-57-27-39(55-56-57)36-18-12-11-13-19-36)40(67-31(3)58)25-51(71-46,48(64)66-10)21-15-17-35-16-14-20-38(24-35)53-49(65)72-50(7,8)9/h14-17,20,22-24,27,36,40-41,43,45-46H,11-13,18-19,21,25-26,28H2,1-10H3,(H,52,63)(H,53,65)(H,54,62)/b17-15+/t40-,41+,43?,45+,46+,51?/m0/s1. The van der Waals surface area contributed by atoms with Crippen molar-refractivity contribution < 1.29 is 71.5 Å². The van der Waals surface area contributed by atoms with E-state index in [9.17, 15) is 38.4 Å². The van der Waals surface area contributed by atoms with Crippen LogP contribution in [0.1, 0.15) is 132 Å². The van der Waals surface area contributed by atoms with Gasteiger partial charge in [-0.25, -0.2) is 14.3 Å². The fraction of sp³-hybridized carbons (Fsp3) is 0.529. The number of amides is 3. The van der Waals surface area contributed by atoms with Gasteiger partial charge in [0.05, 0.1) is 25.4 Å². The van der Waals surface area contributed by atoms with Crippen molar-refractivity contribution >= 4 is 59.5 Å². The van der Waals surface area contributed by atoms with E-state index in [1.54, 1.807) is 77.2 Å². The summed E-state index contributed by atoms with van der Waals surface area (Å²) in [6.07, 6.45) is 2.25. The highest BCUT2D eigenvalue weighted by atomic mass is 16.6. The molecule has 1 aromatic heterocycles. The minimum absolute atomic E-state index is 0.142. The Morgan fingerprint density at radius 1 is 0.903 bits per heavy atom. The van der Waals surface area contributed by atoms with E-state index in [0.29, 0.717) is 22.4 Å². The Balaban J connectivity index is 1.56. The van der Waals surface area contributed by atoms with Crippen molar-refractivity contribution in [2.75, 3.05) is 19.0 Å². The van der Waals surface area contributed by atoms with Crippen molar-refractivity contribution in [3.05, 3.63) is 76.6 Å². The summed E-state index contributed by atoms with van der Waals surface area (Å²) in [4.78, 5) is 106. The third kappa shape index (κ3) is 15.9. The number of rotatable bonds is 18. The van der Waals surface area contributed by atoms with Gasteiger partial charge in [-0.1, -0.05) is 48.8 Å². The average Bonchev–Trinajstić information content (AvgIpc) is 3.76. The number of nitrogens with one attached hydrogen (secondary N) is 3. The molecule has 0 bridgehead atoms. The lowest BCUT2D eigenvalue weighted by Gasteiger charge is -2.49. The van der Waals surface area contributed by atoms with Crippen LogP contribution in [0.5, 0.6) is 5.75 Å². The Morgan fingerprint density at radius 3 is 2.19 bits per heavy atom. The molecule has 3 aromatic rings. The average molecular weight is 1000 g/mol. The van der Waals surface area contributed by atoms with Gasteiger partial charge >= 0.3 is 35.9 Å². The van der Waals surface area contributed by atoms with E-state index in [-0.39, 0.29) is 30.2 Å². The van der Waals surface area contributed by atoms with Crippen LogP contribution in [0.25, 0.3) is 6.08 Å². The molecule has 1 saturated heterocycles. The summed E-state index contributed by atoms with van der Waals surface area (Å²) >= 11 is 0. The number of hydrogen-bond donors (Lipinski definition) is 3. The van der Waals surface area contributed by atoms with Gasteiger partial charge in [0.15, 0.2) is 17.8 Å². The molecule has 1 saturated carbocycles. The number of aryl methyl sites for hydroxylation is 2. The predicted octanol–water partition coefficient (Wildman–Crippen LogP) is 5.73. The van der Waals surface area contributed by atoms with Crippen molar-refractivity contribution in [3.63, 3.8) is 0 Å². The van der Waals surface area contributed by atoms with Crippen LogP contribution in [0.15, 0.2) is 48.7 Å². The number of hydrogen-bond acceptors (Lipinski definition) is 17. The molecule has 0 radical (unpaired) electrons. The van der Waals surface area contributed by atoms with Gasteiger partial charge in [0.1, 0.15) is 30.1 Å². The molecule has 3 amide bonds. The van der Waals surface area contributed by atoms with Crippen molar-refractivity contribution in [2.45, 2.75) is 161 Å². The highest BCUT2D eigenvalue weighted by Crippen LogP contribution is 2.39. The summed E-state index contributed by atoms with van der Waals surface area (Å²) in [7, 11) is 1.12. The number of methoxy groups -OCH3 is 1. The predicted molar refractivity (Wildman–Crippen MR) is 258 cm³/mol. The van der Waals surface area contributed by atoms with Crippen molar-refractivity contribution in [3.8, 4) is 5.75 Å². The molecule has 2 heterocycles. The van der Waals surface area contributed by atoms with Crippen molar-refractivity contribution in [1.29, 1.82) is 0 Å². The number of carbonyl (C=O) groups excluding carboxylic acids is 8. The monoisotopic (exact) mass is 1000 g/mol. The lowest BCUT2D eigenvalue weighted by molar-refractivity contribution is -0.239. The van der Waals surface area contributed by atoms with E-state index in [0.717, 1.165) is 65.7 Å². The first kappa shape index (κ1) is 55.8. The third-order valence-electron chi connectivity index (χ3n) is 11.8. The summed E-state index contributed by atoms with van der Waals surface area (Å²) < 4.78 is 41.8. The Morgan fingerprint density at radius 2 is 1.58 bits per heavy atom. The molecule has 2 unspecified atom stereocenters. The zero-order chi connectivity index (χ0) is 52.9. The van der Waals surface area contributed by atoms with Crippen LogP contribution in [-0.4, -0.2) is 118 Å². The zero-order valence-corrected chi connectivity index (χ0v) is 42.5. The van der Waals surface area contributed by atoms with Gasteiger partial charge in [0.25, 0.3) is 5.91 Å². The van der Waals surface area contributed by atoms with Gasteiger partial charge in [-0.05, 0) is 88.4 Å². The van der Waals surface area contributed by atoms with Crippen LogP contribution in [0.4, 0.5) is 10.5 Å². The molecule has 2 fully saturated rings. The van der Waals surface area contributed by atoms with E-state index in [2.05, 4.69) is 26.3 Å². The molecule has 2 aliphatic rings. The molecule has 390 valence electrons. The number of esters is 5. The SMILES string of the molecule is COC(=O)C1(C/C=C/c2cccc(NC(=O)OC(C)(C)C)c2)C[C@H](OC(C)=O)C(NC(=O)Cn2cc(C3CCCCC3)nn2)[C@H]([C@H](OC(C)=O)[C@@H](CNC(=O)c2cc(C)c(OC(C)=O)c(C)c2)OC(C)=O)O1. The Bertz CT molecular complexity index is 2490. The lowest BCUT2D eigenvalue weighted by atomic mass is 9.81. The summed E-state index contributed by atoms with van der Waals surface area (Å²) in [5.74, 6) is -4.97. The highest BCUT2D eigenvalue weighted by molar-refractivity contribution is 5.95. The number of benzene rings is 2. The van der Waals surface area contributed by atoms with E-state index in [1.807, 2.05) is 0 Å². The van der Waals surface area contributed by atoms with Crippen LogP contribution < -0.4 is 20.7 Å². The Kier molecular flexibility index (Phi) is 19.2. The van der Waals surface area contributed by atoms with Crippen molar-refractivity contribution in [1.82, 2.24) is 25.6 Å². The molecule has 21 heteroatoms. The molecule has 72 heavy (non-hydrogen) atoms. The maximum Gasteiger partial charge on any atom is 0.412 e. The maximum absolute atomic E-state index is 14.2. The smallest absolute Gasteiger partial charge is 0.412 e. The molecule has 0 spiro atoms. The van der Waals surface area contributed by atoms with E-state index in [1.165, 1.54) is 23.7 Å². The quantitative estimate of drug-likeness (QED) is 0.0780. The molecule has 1 aliphatic carbocycles. The molecule has 1 aliphatic heterocycles. The normalized spacial score (nSPS) is 20.0. The second-order valence-electron chi connectivity index (χ2n) is 19.0. The van der Waals surface area contributed by atoms with E-state index < -0.39 is 102 Å². The molecular formula is C51H66N6O15. The molecule has 6 atom stereocenters. The van der Waals surface area contributed by atoms with Gasteiger partial charge in [0.2, 0.25) is 5.91 Å². The first-order valence-electron chi connectivity index (χ1n) is 23.8. The maximum atomic E-state index is 14.2. The molecule has 21 nitrogen and oxygen atoms in total. The van der Waals surface area contributed by atoms with Gasteiger partial charge in [-0.15, -0.1) is 5.10 Å². The van der Waals surface area contributed by atoms with Crippen LogP contribution in [0.3, 0.4) is 0 Å². The lowest BCUT2D eigenvalue weighted by Crippen LogP contribution is -2.69. The number of aromatic nitrogens is 3. The number of nitrogens with zero attached hydrogens (tertiary/aromatic N) is 3. The van der Waals surface area contributed by atoms with Crippen molar-refractivity contribution in [2.24, 2.45) is 0 Å². The molecule has 3 N–H and O–H groups in total. The zero-order valence-electron chi connectivity index (χ0n) is 42.5. The number of carbonyl (C=O) groups is 8. The van der Waals surface area contributed by atoms with Crippen LogP contribution in [0.2, 0.25) is 0 Å². The molecule has 2 aromatic carbocycles. The van der Waals surface area contributed by atoms with Crippen LogP contribution in [0, 0.1) is 13.8 Å². The van der Waals surface area contributed by atoms with E-state index >= 15 is 0 Å². The first-order valence-corrected chi connectivity index (χ1v) is 23.8. The minimum Gasteiger partial charge on any atom is -0.467 e. The minimum atomic E-state index is -2.05. The van der Waals surface area contributed by atoms with Gasteiger partial charge in [-0.3, -0.25) is 34.1 Å². The summed E-state index contributed by atoms with van der Waals surface area (Å²) in [5, 5.41) is 16.8. The fourth-order valence-electron chi connectivity index (χ4n) is 8.90. The fourth-order valence-corrected chi connectivity index (χ4v) is 8.90. The van der Waals surface area contributed by atoms with Crippen LogP contribution in [-0.2, 0) is 63.7 Å². The molecule has 5 rings (SSSR count). The summed E-state index contributed by atoms with van der Waals surface area (Å²) in [6, 6.07) is 8.28. The van der Waals surface area contributed by atoms with Gasteiger partial charge < -0.3 is 43.8 Å². The van der Waals surface area contributed by atoms with Gasteiger partial charge in [0, 0.05) is 63.9 Å². The van der Waals surface area contributed by atoms with E-state index in [4.69, 9.17) is 33.2 Å². The molecular weight excluding hydrogens is 937 g/mol. The Hall–Kier alpha value is -7.16. The Labute approximate surface area is 418 Å². The van der Waals surface area contributed by atoms with Gasteiger partial charge in [-0.2, -0.15) is 0 Å². The number of anilines is 1. The first-order chi connectivity index (χ1) is 33.9. The van der Waals surface area contributed by atoms with Crippen LogP contribution >= 0.6 is 0 Å². The third-order valence-corrected chi connectivity index (χ3v) is 11.8. The summed E-state index contributed by atoms with van der Waals surface area (Å²) in [6.45, 7) is 12.1. The highest BCUT2D eigenvalue weighted by Gasteiger charge is 2.57. The second kappa shape index (κ2) is 24.8. The topological polar surface area (TPSA) is 268 Å². The summed E-state index contributed by atoms with van der Waals surface area (Å²) in [5.41, 5.74) is 0.0251.